The molecule has 0 N–H and O–H groups in total. The minimum absolute atomic E-state index is 0.131. The maximum atomic E-state index is 12.2. The summed E-state index contributed by atoms with van der Waals surface area (Å²) in [6, 6.07) is 7.33. The Bertz CT molecular complexity index is 431. The van der Waals surface area contributed by atoms with Gasteiger partial charge in [0, 0.05) is 18.3 Å². The van der Waals surface area contributed by atoms with Crippen molar-refractivity contribution in [2.45, 2.75) is 32.6 Å². The van der Waals surface area contributed by atoms with Crippen molar-refractivity contribution >= 4 is 5.78 Å². The average molecular weight is 230 g/mol. The van der Waals surface area contributed by atoms with Gasteiger partial charge in [-0.25, -0.2) is 0 Å². The second kappa shape index (κ2) is 5.86. The SMILES string of the molecule is CC(CCC#N)(CCC#N)C(=O)c1ccco1. The van der Waals surface area contributed by atoms with E-state index in [4.69, 9.17) is 14.9 Å². The van der Waals surface area contributed by atoms with Crippen molar-refractivity contribution in [3.05, 3.63) is 24.2 Å². The number of nitriles is 2. The molecule has 0 aliphatic carbocycles. The number of nitrogens with zero attached hydrogens (tertiary/aromatic N) is 2. The van der Waals surface area contributed by atoms with Gasteiger partial charge in [-0.15, -0.1) is 0 Å². The molecule has 0 aromatic carbocycles. The highest BCUT2D eigenvalue weighted by atomic mass is 16.3. The van der Waals surface area contributed by atoms with Crippen LogP contribution in [-0.2, 0) is 0 Å². The zero-order valence-electron chi connectivity index (χ0n) is 9.77. The quantitative estimate of drug-likeness (QED) is 0.703. The first-order valence-corrected chi connectivity index (χ1v) is 5.46. The largest absolute Gasteiger partial charge is 0.461 e. The van der Waals surface area contributed by atoms with Crippen LogP contribution in [0.3, 0.4) is 0 Å². The standard InChI is InChI=1S/C13H14N2O2/c1-13(6-3-8-14,7-4-9-15)12(16)11-5-2-10-17-11/h2,5,10H,3-4,6-7H2,1H3. The molecule has 4 nitrogen and oxygen atoms in total. The van der Waals surface area contributed by atoms with E-state index in [1.54, 1.807) is 19.1 Å². The van der Waals surface area contributed by atoms with Crippen LogP contribution in [0.1, 0.15) is 43.2 Å². The summed E-state index contributed by atoms with van der Waals surface area (Å²) in [4.78, 5) is 12.2. The molecule has 0 aliphatic rings. The Morgan fingerprint density at radius 1 is 1.35 bits per heavy atom. The molecular formula is C13H14N2O2. The molecule has 0 bridgehead atoms. The lowest BCUT2D eigenvalue weighted by atomic mass is 9.76. The van der Waals surface area contributed by atoms with Crippen molar-refractivity contribution in [3.63, 3.8) is 0 Å². The summed E-state index contributed by atoms with van der Waals surface area (Å²) in [5.74, 6) is 0.163. The Morgan fingerprint density at radius 2 is 1.94 bits per heavy atom. The molecule has 0 unspecified atom stereocenters. The van der Waals surface area contributed by atoms with E-state index in [9.17, 15) is 4.79 Å². The minimum Gasteiger partial charge on any atom is -0.461 e. The summed E-state index contributed by atoms with van der Waals surface area (Å²) in [5, 5.41) is 17.2. The van der Waals surface area contributed by atoms with E-state index in [2.05, 4.69) is 0 Å². The van der Waals surface area contributed by atoms with Crippen LogP contribution in [0.4, 0.5) is 0 Å². The molecule has 1 rings (SSSR count). The third kappa shape index (κ3) is 3.19. The molecule has 0 atom stereocenters. The molecule has 17 heavy (non-hydrogen) atoms. The summed E-state index contributed by atoms with van der Waals surface area (Å²) >= 11 is 0. The smallest absolute Gasteiger partial charge is 0.203 e. The van der Waals surface area contributed by atoms with Gasteiger partial charge < -0.3 is 4.42 Å². The number of carbonyl (C=O) groups excluding carboxylic acids is 1. The Balaban J connectivity index is 2.86. The summed E-state index contributed by atoms with van der Waals surface area (Å²) in [6.45, 7) is 1.78. The van der Waals surface area contributed by atoms with E-state index in [-0.39, 0.29) is 5.78 Å². The van der Waals surface area contributed by atoms with E-state index < -0.39 is 5.41 Å². The number of hydrogen-bond acceptors (Lipinski definition) is 4. The molecule has 0 fully saturated rings. The van der Waals surface area contributed by atoms with E-state index in [1.165, 1.54) is 6.26 Å². The topological polar surface area (TPSA) is 77.8 Å². The fraction of sp³-hybridized carbons (Fsp3) is 0.462. The average Bonchev–Trinajstić information content (AvgIpc) is 2.86. The third-order valence-electron chi connectivity index (χ3n) is 2.87. The first-order chi connectivity index (χ1) is 8.14. The molecule has 0 radical (unpaired) electrons. The highest BCUT2D eigenvalue weighted by molar-refractivity contribution is 5.97. The number of furan rings is 1. The first-order valence-electron chi connectivity index (χ1n) is 5.46. The van der Waals surface area contributed by atoms with Crippen LogP contribution < -0.4 is 0 Å². The number of ketones is 1. The lowest BCUT2D eigenvalue weighted by Gasteiger charge is -2.25. The highest BCUT2D eigenvalue weighted by Gasteiger charge is 2.34. The third-order valence-corrected chi connectivity index (χ3v) is 2.87. The van der Waals surface area contributed by atoms with Gasteiger partial charge in [-0.1, -0.05) is 6.92 Å². The number of Topliss-reactive ketones (excluding diaryl/α,β-unsaturated/α-hetero) is 1. The monoisotopic (exact) mass is 230 g/mol. The highest BCUT2D eigenvalue weighted by Crippen LogP contribution is 2.33. The summed E-state index contributed by atoms with van der Waals surface area (Å²) in [7, 11) is 0. The number of hydrogen-bond donors (Lipinski definition) is 0. The van der Waals surface area contributed by atoms with Gasteiger partial charge in [0.15, 0.2) is 5.76 Å². The minimum atomic E-state index is -0.691. The van der Waals surface area contributed by atoms with Crippen molar-refractivity contribution in [3.8, 4) is 12.1 Å². The molecular weight excluding hydrogens is 216 g/mol. The molecule has 0 amide bonds. The summed E-state index contributed by atoms with van der Waals surface area (Å²) < 4.78 is 5.09. The predicted molar refractivity (Wildman–Crippen MR) is 60.8 cm³/mol. The number of rotatable bonds is 6. The Hall–Kier alpha value is -2.07. The Labute approximate surface area is 100 Å². The normalized spacial score (nSPS) is 10.5. The molecule has 0 spiro atoms. The van der Waals surface area contributed by atoms with Crippen molar-refractivity contribution in [1.82, 2.24) is 0 Å². The molecule has 4 heteroatoms. The molecule has 1 aromatic heterocycles. The molecule has 0 saturated heterocycles. The van der Waals surface area contributed by atoms with Crippen LogP contribution in [-0.4, -0.2) is 5.78 Å². The first kappa shape index (κ1) is 13.0. The molecule has 0 aliphatic heterocycles. The van der Waals surface area contributed by atoms with Crippen molar-refractivity contribution in [2.24, 2.45) is 5.41 Å². The summed E-state index contributed by atoms with van der Waals surface area (Å²) in [5.41, 5.74) is -0.691. The van der Waals surface area contributed by atoms with E-state index in [0.29, 0.717) is 31.4 Å². The fourth-order valence-corrected chi connectivity index (χ4v) is 1.72. The van der Waals surface area contributed by atoms with Gasteiger partial charge >= 0.3 is 0 Å². The van der Waals surface area contributed by atoms with Crippen LogP contribution in [0.5, 0.6) is 0 Å². The van der Waals surface area contributed by atoms with Crippen LogP contribution >= 0.6 is 0 Å². The molecule has 0 saturated carbocycles. The second-order valence-corrected chi connectivity index (χ2v) is 4.18. The number of carbonyl (C=O) groups is 1. The van der Waals surface area contributed by atoms with Crippen LogP contribution in [0, 0.1) is 28.1 Å². The zero-order chi connectivity index (χ0) is 12.7. The fourth-order valence-electron chi connectivity index (χ4n) is 1.72. The summed E-state index contributed by atoms with van der Waals surface area (Å²) in [6.07, 6.45) is 2.94. The van der Waals surface area contributed by atoms with E-state index in [0.717, 1.165) is 0 Å². The van der Waals surface area contributed by atoms with E-state index >= 15 is 0 Å². The van der Waals surface area contributed by atoms with Gasteiger partial charge in [-0.3, -0.25) is 4.79 Å². The Morgan fingerprint density at radius 3 is 2.35 bits per heavy atom. The molecule has 1 aromatic rings. The van der Waals surface area contributed by atoms with Gasteiger partial charge in [-0.2, -0.15) is 10.5 Å². The lowest BCUT2D eigenvalue weighted by molar-refractivity contribution is 0.0761. The van der Waals surface area contributed by atoms with Crippen molar-refractivity contribution < 1.29 is 9.21 Å². The van der Waals surface area contributed by atoms with Gasteiger partial charge in [0.25, 0.3) is 0 Å². The van der Waals surface area contributed by atoms with Gasteiger partial charge in [0.05, 0.1) is 18.4 Å². The van der Waals surface area contributed by atoms with Crippen LogP contribution in [0.2, 0.25) is 0 Å². The van der Waals surface area contributed by atoms with E-state index in [1.807, 2.05) is 12.1 Å². The zero-order valence-corrected chi connectivity index (χ0v) is 9.77. The molecule has 88 valence electrons. The predicted octanol–water partition coefficient (Wildman–Crippen LogP) is 3.08. The maximum absolute atomic E-state index is 12.2. The van der Waals surface area contributed by atoms with Gasteiger partial charge in [0.2, 0.25) is 5.78 Å². The maximum Gasteiger partial charge on any atom is 0.203 e. The van der Waals surface area contributed by atoms with Gasteiger partial charge in [0.1, 0.15) is 0 Å². The van der Waals surface area contributed by atoms with Crippen molar-refractivity contribution in [2.75, 3.05) is 0 Å². The van der Waals surface area contributed by atoms with Gasteiger partial charge in [-0.05, 0) is 25.0 Å². The van der Waals surface area contributed by atoms with Crippen LogP contribution in [0.25, 0.3) is 0 Å². The van der Waals surface area contributed by atoms with Crippen LogP contribution in [0.15, 0.2) is 22.8 Å². The second-order valence-electron chi connectivity index (χ2n) is 4.18. The van der Waals surface area contributed by atoms with Crippen molar-refractivity contribution in [1.29, 1.82) is 10.5 Å². The lowest BCUT2D eigenvalue weighted by Crippen LogP contribution is -2.27. The Kier molecular flexibility index (Phi) is 4.48. The molecule has 1 heterocycles.